The normalized spacial score (nSPS) is 25.2. The van der Waals surface area contributed by atoms with Crippen molar-refractivity contribution in [3.63, 3.8) is 0 Å². The highest BCUT2D eigenvalue weighted by atomic mass is 16.5. The number of hydrogen-bond acceptors (Lipinski definition) is 3. The summed E-state index contributed by atoms with van der Waals surface area (Å²) in [6.45, 7) is 8.15. The van der Waals surface area contributed by atoms with Gasteiger partial charge in [-0.2, -0.15) is 0 Å². The molecule has 0 spiro atoms. The molecule has 3 heteroatoms. The van der Waals surface area contributed by atoms with Gasteiger partial charge in [0, 0.05) is 25.2 Å². The van der Waals surface area contributed by atoms with Gasteiger partial charge in [0.2, 0.25) is 0 Å². The van der Waals surface area contributed by atoms with Crippen molar-refractivity contribution >= 4 is 0 Å². The molecule has 1 rings (SSSR count). The first-order valence-electron chi connectivity index (χ1n) is 4.83. The van der Waals surface area contributed by atoms with E-state index in [9.17, 15) is 0 Å². The van der Waals surface area contributed by atoms with Crippen LogP contribution in [0.3, 0.4) is 0 Å². The average Bonchev–Trinajstić information content (AvgIpc) is 2.17. The van der Waals surface area contributed by atoms with Gasteiger partial charge in [-0.1, -0.05) is 6.92 Å². The van der Waals surface area contributed by atoms with Crippen molar-refractivity contribution in [3.05, 3.63) is 0 Å². The molecule has 1 aliphatic heterocycles. The summed E-state index contributed by atoms with van der Waals surface area (Å²) >= 11 is 0. The van der Waals surface area contributed by atoms with E-state index in [1.165, 1.54) is 0 Å². The van der Waals surface area contributed by atoms with E-state index in [4.69, 9.17) is 10.5 Å². The van der Waals surface area contributed by atoms with Crippen molar-refractivity contribution < 1.29 is 4.74 Å². The fraction of sp³-hybridized carbons (Fsp3) is 1.00. The minimum absolute atomic E-state index is 0.308. The van der Waals surface area contributed by atoms with Crippen molar-refractivity contribution in [1.29, 1.82) is 0 Å². The fourth-order valence-electron chi connectivity index (χ4n) is 1.60. The molecule has 0 aromatic heterocycles. The number of nitrogens with two attached hydrogens (primary N) is 1. The lowest BCUT2D eigenvalue weighted by Crippen LogP contribution is -2.50. The van der Waals surface area contributed by atoms with Crippen molar-refractivity contribution in [2.45, 2.75) is 32.4 Å². The Hall–Kier alpha value is -0.120. The molecule has 0 aromatic rings. The Morgan fingerprint density at radius 2 is 2.00 bits per heavy atom. The average molecular weight is 172 g/mol. The molecule has 0 radical (unpaired) electrons. The Bertz CT molecular complexity index is 124. The van der Waals surface area contributed by atoms with Crippen LogP contribution in [0.5, 0.6) is 0 Å². The summed E-state index contributed by atoms with van der Waals surface area (Å²) in [4.78, 5) is 2.41. The Labute approximate surface area is 74.9 Å². The second-order valence-corrected chi connectivity index (χ2v) is 3.46. The van der Waals surface area contributed by atoms with Crippen LogP contribution in [0.25, 0.3) is 0 Å². The first kappa shape index (κ1) is 9.96. The van der Waals surface area contributed by atoms with Crippen LogP contribution in [0.1, 0.15) is 20.3 Å². The highest BCUT2D eigenvalue weighted by Crippen LogP contribution is 2.07. The minimum atomic E-state index is 0.308. The molecule has 3 nitrogen and oxygen atoms in total. The number of hydrogen-bond donors (Lipinski definition) is 1. The van der Waals surface area contributed by atoms with Crippen molar-refractivity contribution in [3.8, 4) is 0 Å². The van der Waals surface area contributed by atoms with Gasteiger partial charge in [-0.3, -0.25) is 4.90 Å². The van der Waals surface area contributed by atoms with Gasteiger partial charge in [0.25, 0.3) is 0 Å². The molecule has 2 atom stereocenters. The Morgan fingerprint density at radius 3 is 2.50 bits per heavy atom. The van der Waals surface area contributed by atoms with Gasteiger partial charge in [-0.05, 0) is 13.3 Å². The fourth-order valence-corrected chi connectivity index (χ4v) is 1.60. The van der Waals surface area contributed by atoms with Crippen LogP contribution in [0.2, 0.25) is 0 Å². The second kappa shape index (κ2) is 4.80. The van der Waals surface area contributed by atoms with Crippen molar-refractivity contribution in [2.24, 2.45) is 5.73 Å². The van der Waals surface area contributed by atoms with Gasteiger partial charge >= 0.3 is 0 Å². The quantitative estimate of drug-likeness (QED) is 0.671. The molecule has 2 unspecified atom stereocenters. The molecule has 12 heavy (non-hydrogen) atoms. The lowest BCUT2D eigenvalue weighted by atomic mass is 10.1. The number of morpholine rings is 1. The highest BCUT2D eigenvalue weighted by molar-refractivity contribution is 4.78. The number of nitrogens with zero attached hydrogens (tertiary/aromatic N) is 1. The lowest BCUT2D eigenvalue weighted by molar-refractivity contribution is 0.0149. The third-order valence-corrected chi connectivity index (χ3v) is 2.71. The maximum atomic E-state index is 5.96. The summed E-state index contributed by atoms with van der Waals surface area (Å²) in [5, 5.41) is 0. The topological polar surface area (TPSA) is 38.5 Å². The Balaban J connectivity index is 2.33. The van der Waals surface area contributed by atoms with E-state index in [2.05, 4.69) is 18.7 Å². The van der Waals surface area contributed by atoms with E-state index in [1.54, 1.807) is 0 Å². The summed E-state index contributed by atoms with van der Waals surface area (Å²) in [7, 11) is 0. The monoisotopic (exact) mass is 172 g/mol. The van der Waals surface area contributed by atoms with Crippen molar-refractivity contribution in [1.82, 2.24) is 4.90 Å². The first-order chi connectivity index (χ1) is 5.75. The van der Waals surface area contributed by atoms with Gasteiger partial charge in [-0.25, -0.2) is 0 Å². The van der Waals surface area contributed by atoms with E-state index >= 15 is 0 Å². The van der Waals surface area contributed by atoms with Crippen LogP contribution in [-0.4, -0.2) is 43.3 Å². The predicted molar refractivity (Wildman–Crippen MR) is 50.1 cm³/mol. The van der Waals surface area contributed by atoms with Crippen LogP contribution in [0.4, 0.5) is 0 Å². The molecule has 72 valence electrons. The van der Waals surface area contributed by atoms with Crippen LogP contribution in [-0.2, 0) is 4.74 Å². The molecule has 0 aromatic carbocycles. The second-order valence-electron chi connectivity index (χ2n) is 3.46. The zero-order valence-corrected chi connectivity index (χ0v) is 8.12. The summed E-state index contributed by atoms with van der Waals surface area (Å²) in [6.07, 6.45) is 1.05. The standard InChI is InChI=1S/C9H20N2O/c1-3-9(10)8(2)11-4-6-12-7-5-11/h8-9H,3-7,10H2,1-2H3. The molecule has 0 bridgehead atoms. The summed E-state index contributed by atoms with van der Waals surface area (Å²) in [5.41, 5.74) is 5.96. The zero-order valence-electron chi connectivity index (χ0n) is 8.12. The summed E-state index contributed by atoms with van der Waals surface area (Å²) < 4.78 is 5.28. The van der Waals surface area contributed by atoms with Gasteiger partial charge in [0.05, 0.1) is 13.2 Å². The number of rotatable bonds is 3. The van der Waals surface area contributed by atoms with Crippen molar-refractivity contribution in [2.75, 3.05) is 26.3 Å². The van der Waals surface area contributed by atoms with E-state index in [1.807, 2.05) is 0 Å². The maximum Gasteiger partial charge on any atom is 0.0594 e. The molecule has 0 saturated carbocycles. The third kappa shape index (κ3) is 2.44. The number of ether oxygens (including phenoxy) is 1. The van der Waals surface area contributed by atoms with Crippen LogP contribution in [0, 0.1) is 0 Å². The van der Waals surface area contributed by atoms with E-state index < -0.39 is 0 Å². The predicted octanol–water partition coefficient (Wildman–Crippen LogP) is 0.444. The first-order valence-corrected chi connectivity index (χ1v) is 4.83. The van der Waals surface area contributed by atoms with E-state index in [-0.39, 0.29) is 0 Å². The molecule has 0 amide bonds. The van der Waals surface area contributed by atoms with E-state index in [0.29, 0.717) is 12.1 Å². The van der Waals surface area contributed by atoms with Gasteiger partial charge in [0.15, 0.2) is 0 Å². The van der Waals surface area contributed by atoms with Crippen LogP contribution >= 0.6 is 0 Å². The van der Waals surface area contributed by atoms with Gasteiger partial charge in [0.1, 0.15) is 0 Å². The Morgan fingerprint density at radius 1 is 1.42 bits per heavy atom. The molecule has 0 aliphatic carbocycles. The maximum absolute atomic E-state index is 5.96. The van der Waals surface area contributed by atoms with Gasteiger partial charge in [-0.15, -0.1) is 0 Å². The van der Waals surface area contributed by atoms with Crippen LogP contribution < -0.4 is 5.73 Å². The molecule has 1 heterocycles. The molecule has 1 fully saturated rings. The molecule has 1 saturated heterocycles. The SMILES string of the molecule is CCC(N)C(C)N1CCOCC1. The third-order valence-electron chi connectivity index (χ3n) is 2.71. The molecular formula is C9H20N2O. The minimum Gasteiger partial charge on any atom is -0.379 e. The highest BCUT2D eigenvalue weighted by Gasteiger charge is 2.20. The summed E-state index contributed by atoms with van der Waals surface area (Å²) in [5.74, 6) is 0. The van der Waals surface area contributed by atoms with E-state index in [0.717, 1.165) is 32.7 Å². The zero-order chi connectivity index (χ0) is 8.97. The molecule has 1 aliphatic rings. The lowest BCUT2D eigenvalue weighted by Gasteiger charge is -2.35. The Kier molecular flexibility index (Phi) is 3.98. The molecular weight excluding hydrogens is 152 g/mol. The largest absolute Gasteiger partial charge is 0.379 e. The molecule has 2 N–H and O–H groups in total. The van der Waals surface area contributed by atoms with Crippen LogP contribution in [0.15, 0.2) is 0 Å². The smallest absolute Gasteiger partial charge is 0.0594 e. The van der Waals surface area contributed by atoms with Gasteiger partial charge < -0.3 is 10.5 Å². The summed E-state index contributed by atoms with van der Waals surface area (Å²) in [6, 6.07) is 0.807.